The lowest BCUT2D eigenvalue weighted by Crippen LogP contribution is -2.43. The van der Waals surface area contributed by atoms with E-state index in [4.69, 9.17) is 39.6 Å². The number of halogens is 3. The fraction of sp³-hybridized carbons (Fsp3) is 0.375. The van der Waals surface area contributed by atoms with Crippen LogP contribution >= 0.6 is 34.8 Å². The zero-order valence-corrected chi connectivity index (χ0v) is 20.2. The van der Waals surface area contributed by atoms with E-state index >= 15 is 0 Å². The normalized spacial score (nSPS) is 26.9. The molecule has 168 valence electrons. The average molecular weight is 494 g/mol. The smallest absolute Gasteiger partial charge is 0.324 e. The fourth-order valence-corrected chi connectivity index (χ4v) is 5.80. The summed E-state index contributed by atoms with van der Waals surface area (Å²) in [6.45, 7) is 6.23. The molecule has 32 heavy (non-hydrogen) atoms. The third-order valence-electron chi connectivity index (χ3n) is 7.68. The van der Waals surface area contributed by atoms with E-state index in [-0.39, 0.29) is 16.5 Å². The maximum Gasteiger partial charge on any atom is 0.367 e. The first-order valence-corrected chi connectivity index (χ1v) is 11.4. The number of amides is 1. The fourth-order valence-electron chi connectivity index (χ4n) is 5.13. The number of fused-ring (bicyclic) bond motifs is 2. The molecule has 2 aromatic carbocycles. The molecular formula is C24H23Cl3N2O3. The highest BCUT2D eigenvalue weighted by Gasteiger charge is 2.71. The topological polar surface area (TPSA) is 67.8 Å². The highest BCUT2D eigenvalue weighted by Crippen LogP contribution is 2.71. The van der Waals surface area contributed by atoms with Crippen LogP contribution in [-0.4, -0.2) is 17.6 Å². The number of carbonyl (C=O) groups is 2. The lowest BCUT2D eigenvalue weighted by Gasteiger charge is -2.39. The number of nitrogens with zero attached hydrogens (tertiary/aromatic N) is 1. The molecule has 2 aliphatic carbocycles. The Bertz CT molecular complexity index is 1150. The Morgan fingerprint density at radius 1 is 1.00 bits per heavy atom. The van der Waals surface area contributed by atoms with Crippen LogP contribution in [0.4, 0.5) is 5.69 Å². The number of oxime groups is 1. The molecule has 2 aromatic rings. The Morgan fingerprint density at radius 2 is 1.72 bits per heavy atom. The van der Waals surface area contributed by atoms with E-state index in [0.717, 1.165) is 6.42 Å². The first-order valence-electron chi connectivity index (χ1n) is 10.3. The molecule has 0 aromatic heterocycles. The van der Waals surface area contributed by atoms with Crippen molar-refractivity contribution < 1.29 is 14.4 Å². The van der Waals surface area contributed by atoms with E-state index in [1.54, 1.807) is 18.2 Å². The second-order valence-corrected chi connectivity index (χ2v) is 10.4. The minimum absolute atomic E-state index is 0.100. The molecular weight excluding hydrogens is 471 g/mol. The van der Waals surface area contributed by atoms with Gasteiger partial charge in [-0.05, 0) is 48.6 Å². The number of rotatable bonds is 4. The van der Waals surface area contributed by atoms with Crippen LogP contribution in [0, 0.1) is 16.2 Å². The van der Waals surface area contributed by atoms with Crippen LogP contribution in [-0.2, 0) is 9.63 Å². The van der Waals surface area contributed by atoms with Crippen LogP contribution in [0.1, 0.15) is 50.4 Å². The zero-order valence-electron chi connectivity index (χ0n) is 18.0. The van der Waals surface area contributed by atoms with Gasteiger partial charge in [-0.25, -0.2) is 4.79 Å². The standard InChI is InChI=1S/C24H23Cl3N2O3/c1-22(2)23(3)10-11-24(22,21(31)28-18-7-5-4-6-16(18)26)13-19(23)29-32-20(30)15-9-8-14(25)12-17(15)27/h4-9,12H,10-11,13H2,1-3H3,(H,28,31)/b29-19+. The minimum Gasteiger partial charge on any atom is -0.324 e. The van der Waals surface area contributed by atoms with Gasteiger partial charge in [0.25, 0.3) is 0 Å². The zero-order chi connectivity index (χ0) is 23.3. The SMILES string of the molecule is CC12CCC(C(=O)Nc3ccccc3Cl)(C/C1=N\OC(=O)c1ccc(Cl)cc1Cl)C2(C)C. The van der Waals surface area contributed by atoms with Gasteiger partial charge >= 0.3 is 5.97 Å². The molecule has 1 N–H and O–H groups in total. The summed E-state index contributed by atoms with van der Waals surface area (Å²) < 4.78 is 0. The molecule has 2 aliphatic rings. The van der Waals surface area contributed by atoms with Gasteiger partial charge in [-0.3, -0.25) is 4.79 Å². The van der Waals surface area contributed by atoms with Crippen molar-refractivity contribution in [2.45, 2.75) is 40.0 Å². The molecule has 0 spiro atoms. The third-order valence-corrected chi connectivity index (χ3v) is 8.56. The van der Waals surface area contributed by atoms with Crippen molar-refractivity contribution >= 4 is 58.1 Å². The molecule has 8 heteroatoms. The number of hydrogen-bond acceptors (Lipinski definition) is 4. The van der Waals surface area contributed by atoms with Gasteiger partial charge in [-0.2, -0.15) is 0 Å². The maximum absolute atomic E-state index is 13.5. The van der Waals surface area contributed by atoms with Crippen molar-refractivity contribution in [3.8, 4) is 0 Å². The van der Waals surface area contributed by atoms with Crippen molar-refractivity contribution in [1.29, 1.82) is 0 Å². The summed E-state index contributed by atoms with van der Waals surface area (Å²) >= 11 is 18.3. The third kappa shape index (κ3) is 3.42. The average Bonchev–Trinajstić information content (AvgIpc) is 3.04. The molecule has 0 radical (unpaired) electrons. The van der Waals surface area contributed by atoms with Gasteiger partial charge in [0.1, 0.15) is 0 Å². The molecule has 4 rings (SSSR count). The van der Waals surface area contributed by atoms with Crippen molar-refractivity contribution in [2.24, 2.45) is 21.4 Å². The predicted molar refractivity (Wildman–Crippen MR) is 128 cm³/mol. The quantitative estimate of drug-likeness (QED) is 0.368. The number of para-hydroxylation sites is 1. The van der Waals surface area contributed by atoms with E-state index in [0.29, 0.717) is 34.3 Å². The van der Waals surface area contributed by atoms with Crippen LogP contribution in [0.15, 0.2) is 47.6 Å². The summed E-state index contributed by atoms with van der Waals surface area (Å²) in [5.74, 6) is -0.769. The number of anilines is 1. The highest BCUT2D eigenvalue weighted by molar-refractivity contribution is 6.36. The Labute approximate surface area is 202 Å². The van der Waals surface area contributed by atoms with Gasteiger partial charge in [0.2, 0.25) is 5.91 Å². The molecule has 0 aliphatic heterocycles. The monoisotopic (exact) mass is 492 g/mol. The summed E-state index contributed by atoms with van der Waals surface area (Å²) in [4.78, 5) is 31.3. The Kier molecular flexibility index (Phi) is 5.81. The molecule has 5 nitrogen and oxygen atoms in total. The van der Waals surface area contributed by atoms with Crippen molar-refractivity contribution in [1.82, 2.24) is 0 Å². The van der Waals surface area contributed by atoms with Crippen molar-refractivity contribution in [3.63, 3.8) is 0 Å². The van der Waals surface area contributed by atoms with Crippen molar-refractivity contribution in [2.75, 3.05) is 5.32 Å². The predicted octanol–water partition coefficient (Wildman–Crippen LogP) is 7.01. The highest BCUT2D eigenvalue weighted by atomic mass is 35.5. The van der Waals surface area contributed by atoms with E-state index in [1.165, 1.54) is 12.1 Å². The first kappa shape index (κ1) is 23.1. The molecule has 0 heterocycles. The first-order chi connectivity index (χ1) is 15.0. The summed E-state index contributed by atoms with van der Waals surface area (Å²) in [6, 6.07) is 11.7. The summed E-state index contributed by atoms with van der Waals surface area (Å²) in [6.07, 6.45) is 1.87. The van der Waals surface area contributed by atoms with E-state index in [9.17, 15) is 9.59 Å². The molecule has 2 atom stereocenters. The molecule has 0 saturated heterocycles. The van der Waals surface area contributed by atoms with Gasteiger partial charge in [0.05, 0.1) is 32.4 Å². The Morgan fingerprint density at radius 3 is 2.41 bits per heavy atom. The van der Waals surface area contributed by atoms with E-state index in [2.05, 4.69) is 31.2 Å². The van der Waals surface area contributed by atoms with Crippen LogP contribution in [0.3, 0.4) is 0 Å². The second-order valence-electron chi connectivity index (χ2n) is 9.19. The molecule has 1 amide bonds. The molecule has 2 bridgehead atoms. The molecule has 2 unspecified atom stereocenters. The van der Waals surface area contributed by atoms with E-state index in [1.807, 2.05) is 12.1 Å². The van der Waals surface area contributed by atoms with Gasteiger partial charge in [0.15, 0.2) is 0 Å². The Balaban J connectivity index is 1.60. The van der Waals surface area contributed by atoms with Crippen LogP contribution in [0.5, 0.6) is 0 Å². The summed E-state index contributed by atoms with van der Waals surface area (Å²) in [7, 11) is 0. The Hall–Kier alpha value is -2.08. The second kappa shape index (κ2) is 8.05. The number of nitrogens with one attached hydrogen (secondary N) is 1. The number of hydrogen-bond donors (Lipinski definition) is 1. The van der Waals surface area contributed by atoms with Gasteiger partial charge in [0, 0.05) is 16.9 Å². The number of carbonyl (C=O) groups excluding carboxylic acids is 2. The maximum atomic E-state index is 13.5. The lowest BCUT2D eigenvalue weighted by atomic mass is 9.64. The van der Waals surface area contributed by atoms with Crippen molar-refractivity contribution in [3.05, 3.63) is 63.1 Å². The van der Waals surface area contributed by atoms with Gasteiger partial charge in [-0.15, -0.1) is 0 Å². The summed E-state index contributed by atoms with van der Waals surface area (Å²) in [5.41, 5.74) is -0.0409. The molecule has 2 saturated carbocycles. The largest absolute Gasteiger partial charge is 0.367 e. The minimum atomic E-state index is -0.690. The van der Waals surface area contributed by atoms with Crippen LogP contribution in [0.2, 0.25) is 15.1 Å². The van der Waals surface area contributed by atoms with Gasteiger partial charge in [-0.1, -0.05) is 72.9 Å². The lowest BCUT2D eigenvalue weighted by molar-refractivity contribution is -0.130. The molecule has 2 fully saturated rings. The van der Waals surface area contributed by atoms with Gasteiger partial charge < -0.3 is 10.2 Å². The number of benzene rings is 2. The summed E-state index contributed by atoms with van der Waals surface area (Å²) in [5, 5.41) is 8.34. The van der Waals surface area contributed by atoms with E-state index < -0.39 is 22.2 Å². The van der Waals surface area contributed by atoms with Crippen LogP contribution < -0.4 is 5.32 Å². The van der Waals surface area contributed by atoms with Crippen LogP contribution in [0.25, 0.3) is 0 Å².